The van der Waals surface area contributed by atoms with E-state index in [1.54, 1.807) is 11.8 Å². The summed E-state index contributed by atoms with van der Waals surface area (Å²) in [6.07, 6.45) is 1.52. The fraction of sp³-hybridized carbons (Fsp3) is 0.429. The third-order valence-corrected chi connectivity index (χ3v) is 3.61. The Kier molecular flexibility index (Phi) is 4.27. The number of nitrogens with one attached hydrogen (secondary N) is 2. The highest BCUT2D eigenvalue weighted by Gasteiger charge is 2.10. The third kappa shape index (κ3) is 4.36. The Balaban J connectivity index is 2.04. The first-order chi connectivity index (χ1) is 8.94. The molecule has 2 N–H and O–H groups in total. The molecule has 1 aromatic heterocycles. The van der Waals surface area contributed by atoms with Gasteiger partial charge in [-0.1, -0.05) is 17.8 Å². The maximum absolute atomic E-state index is 4.12. The molecule has 2 rings (SSSR count). The normalized spacial score (nSPS) is 11.8. The lowest BCUT2D eigenvalue weighted by atomic mass is 10.1. The van der Waals surface area contributed by atoms with Crippen LogP contribution in [0.1, 0.15) is 31.9 Å². The van der Waals surface area contributed by atoms with Crippen molar-refractivity contribution in [2.24, 2.45) is 0 Å². The number of H-pyrrole nitrogens is 1. The average Bonchev–Trinajstić information content (AvgIpc) is 2.79. The maximum atomic E-state index is 4.12. The summed E-state index contributed by atoms with van der Waals surface area (Å²) in [5.41, 5.74) is 2.76. The molecule has 0 bridgehead atoms. The van der Waals surface area contributed by atoms with Crippen LogP contribution in [-0.4, -0.2) is 20.7 Å². The van der Waals surface area contributed by atoms with E-state index in [2.05, 4.69) is 66.4 Å². The molecule has 0 aliphatic heterocycles. The molecule has 4 nitrogen and oxygen atoms in total. The molecule has 5 heteroatoms. The predicted octanol–water partition coefficient (Wildman–Crippen LogP) is 3.15. The minimum atomic E-state index is 0.139. The number of aromatic amines is 1. The zero-order valence-corrected chi connectivity index (χ0v) is 12.6. The summed E-state index contributed by atoms with van der Waals surface area (Å²) in [4.78, 5) is 5.29. The van der Waals surface area contributed by atoms with E-state index in [0.717, 1.165) is 11.7 Å². The van der Waals surface area contributed by atoms with Crippen LogP contribution in [0.15, 0.2) is 34.6 Å². The Morgan fingerprint density at radius 1 is 1.32 bits per heavy atom. The molecule has 0 saturated heterocycles. The fourth-order valence-electron chi connectivity index (χ4n) is 1.65. The van der Waals surface area contributed by atoms with Gasteiger partial charge in [0.15, 0.2) is 5.16 Å². The van der Waals surface area contributed by atoms with Gasteiger partial charge in [-0.3, -0.25) is 5.10 Å². The first-order valence-electron chi connectivity index (χ1n) is 6.32. The Morgan fingerprint density at radius 3 is 2.68 bits per heavy atom. The van der Waals surface area contributed by atoms with Crippen molar-refractivity contribution in [2.45, 2.75) is 49.8 Å². The minimum Gasteiger partial charge on any atom is -0.308 e. The summed E-state index contributed by atoms with van der Waals surface area (Å²) in [5.74, 6) is 0. The predicted molar refractivity (Wildman–Crippen MR) is 78.3 cm³/mol. The van der Waals surface area contributed by atoms with E-state index < -0.39 is 0 Å². The zero-order chi connectivity index (χ0) is 13.9. The summed E-state index contributed by atoms with van der Waals surface area (Å²) in [7, 11) is 0. The first-order valence-corrected chi connectivity index (χ1v) is 7.13. The number of hydrogen-bond acceptors (Lipinski definition) is 4. The molecule has 0 aliphatic carbocycles. The average molecular weight is 276 g/mol. The van der Waals surface area contributed by atoms with Gasteiger partial charge in [-0.05, 0) is 51.0 Å². The standard InChI is InChI=1S/C14H20N4S/c1-10-7-12(19-13-15-9-17-18-13)6-5-11(10)8-16-14(2,3)4/h5-7,9,16H,8H2,1-4H3,(H,15,17,18). The first kappa shape index (κ1) is 14.1. The zero-order valence-electron chi connectivity index (χ0n) is 11.8. The molecule has 1 heterocycles. The van der Waals surface area contributed by atoms with Crippen LogP contribution in [0.5, 0.6) is 0 Å². The Bertz CT molecular complexity index is 529. The molecular weight excluding hydrogens is 256 g/mol. The molecule has 0 saturated carbocycles. The van der Waals surface area contributed by atoms with Crippen molar-refractivity contribution in [1.29, 1.82) is 0 Å². The molecule has 1 aromatic carbocycles. The van der Waals surface area contributed by atoms with Crippen LogP contribution in [0.3, 0.4) is 0 Å². The summed E-state index contributed by atoms with van der Waals surface area (Å²) in [5, 5.41) is 11.0. The number of aryl methyl sites for hydroxylation is 1. The Labute approximate surface area is 118 Å². The summed E-state index contributed by atoms with van der Waals surface area (Å²) >= 11 is 1.59. The SMILES string of the molecule is Cc1cc(Sc2ncn[nH]2)ccc1CNC(C)(C)C. The van der Waals surface area contributed by atoms with Crippen molar-refractivity contribution >= 4 is 11.8 Å². The molecular formula is C14H20N4S. The van der Waals surface area contributed by atoms with Crippen LogP contribution in [0, 0.1) is 6.92 Å². The van der Waals surface area contributed by atoms with E-state index in [1.165, 1.54) is 22.3 Å². The highest BCUT2D eigenvalue weighted by Crippen LogP contribution is 2.26. The topological polar surface area (TPSA) is 53.6 Å². The molecule has 0 fully saturated rings. The van der Waals surface area contributed by atoms with Gasteiger partial charge in [0.05, 0.1) is 0 Å². The number of rotatable bonds is 4. The quantitative estimate of drug-likeness (QED) is 0.900. The van der Waals surface area contributed by atoms with Gasteiger partial charge in [-0.25, -0.2) is 4.98 Å². The largest absolute Gasteiger partial charge is 0.308 e. The molecule has 19 heavy (non-hydrogen) atoms. The Hall–Kier alpha value is -1.33. The lowest BCUT2D eigenvalue weighted by Crippen LogP contribution is -2.35. The number of benzene rings is 1. The second-order valence-electron chi connectivity index (χ2n) is 5.58. The second-order valence-corrected chi connectivity index (χ2v) is 6.65. The van der Waals surface area contributed by atoms with Crippen LogP contribution < -0.4 is 5.32 Å². The van der Waals surface area contributed by atoms with Crippen LogP contribution in [-0.2, 0) is 6.54 Å². The van der Waals surface area contributed by atoms with E-state index in [-0.39, 0.29) is 5.54 Å². The van der Waals surface area contributed by atoms with Crippen molar-refractivity contribution in [3.05, 3.63) is 35.7 Å². The van der Waals surface area contributed by atoms with Crippen molar-refractivity contribution in [3.8, 4) is 0 Å². The van der Waals surface area contributed by atoms with Crippen molar-refractivity contribution in [2.75, 3.05) is 0 Å². The van der Waals surface area contributed by atoms with Gasteiger partial charge >= 0.3 is 0 Å². The van der Waals surface area contributed by atoms with Gasteiger partial charge in [-0.15, -0.1) is 0 Å². The smallest absolute Gasteiger partial charge is 0.188 e. The highest BCUT2D eigenvalue weighted by molar-refractivity contribution is 7.99. The van der Waals surface area contributed by atoms with Gasteiger partial charge in [0.1, 0.15) is 6.33 Å². The highest BCUT2D eigenvalue weighted by atomic mass is 32.2. The van der Waals surface area contributed by atoms with Gasteiger partial charge in [-0.2, -0.15) is 5.10 Å². The molecule has 2 aromatic rings. The Morgan fingerprint density at radius 2 is 2.11 bits per heavy atom. The molecule has 0 unspecified atom stereocenters. The molecule has 102 valence electrons. The van der Waals surface area contributed by atoms with Crippen LogP contribution in [0.25, 0.3) is 0 Å². The van der Waals surface area contributed by atoms with Crippen molar-refractivity contribution in [3.63, 3.8) is 0 Å². The van der Waals surface area contributed by atoms with E-state index in [1.807, 2.05) is 0 Å². The summed E-state index contributed by atoms with van der Waals surface area (Å²) < 4.78 is 0. The maximum Gasteiger partial charge on any atom is 0.188 e. The van der Waals surface area contributed by atoms with Crippen LogP contribution >= 0.6 is 11.8 Å². The summed E-state index contributed by atoms with van der Waals surface area (Å²) in [6.45, 7) is 9.57. The lowest BCUT2D eigenvalue weighted by molar-refractivity contribution is 0.424. The third-order valence-electron chi connectivity index (χ3n) is 2.73. The van der Waals surface area contributed by atoms with Crippen molar-refractivity contribution < 1.29 is 0 Å². The van der Waals surface area contributed by atoms with Crippen molar-refractivity contribution in [1.82, 2.24) is 20.5 Å². The van der Waals surface area contributed by atoms with E-state index in [0.29, 0.717) is 0 Å². The number of aromatic nitrogens is 3. The fourth-order valence-corrected chi connectivity index (χ4v) is 2.44. The molecule has 0 spiro atoms. The van der Waals surface area contributed by atoms with Crippen LogP contribution in [0.4, 0.5) is 0 Å². The van der Waals surface area contributed by atoms with E-state index in [4.69, 9.17) is 0 Å². The van der Waals surface area contributed by atoms with Crippen LogP contribution in [0.2, 0.25) is 0 Å². The molecule has 0 aliphatic rings. The number of nitrogens with zero attached hydrogens (tertiary/aromatic N) is 2. The van der Waals surface area contributed by atoms with E-state index >= 15 is 0 Å². The molecule has 0 amide bonds. The van der Waals surface area contributed by atoms with Gasteiger partial charge in [0.25, 0.3) is 0 Å². The lowest BCUT2D eigenvalue weighted by Gasteiger charge is -2.21. The summed E-state index contributed by atoms with van der Waals surface area (Å²) in [6, 6.07) is 6.49. The minimum absolute atomic E-state index is 0.139. The second kappa shape index (κ2) is 5.75. The van der Waals surface area contributed by atoms with Gasteiger partial charge in [0, 0.05) is 17.0 Å². The molecule has 0 atom stereocenters. The van der Waals surface area contributed by atoms with Gasteiger partial charge in [0.2, 0.25) is 0 Å². The van der Waals surface area contributed by atoms with E-state index in [9.17, 15) is 0 Å². The number of hydrogen-bond donors (Lipinski definition) is 2. The van der Waals surface area contributed by atoms with Gasteiger partial charge < -0.3 is 5.32 Å². The molecule has 0 radical (unpaired) electrons. The monoisotopic (exact) mass is 276 g/mol.